The van der Waals surface area contributed by atoms with Gasteiger partial charge in [-0.3, -0.25) is 14.2 Å². The Balaban J connectivity index is 1.58. The first-order valence-electron chi connectivity index (χ1n) is 7.82. The predicted octanol–water partition coefficient (Wildman–Crippen LogP) is 4.09. The molecule has 0 saturated carbocycles. The van der Waals surface area contributed by atoms with E-state index in [1.165, 1.54) is 35.2 Å². The van der Waals surface area contributed by atoms with E-state index in [2.05, 4.69) is 5.32 Å². The highest BCUT2D eigenvalue weighted by Crippen LogP contribution is 2.22. The van der Waals surface area contributed by atoms with Crippen LogP contribution < -0.4 is 10.2 Å². The van der Waals surface area contributed by atoms with Crippen molar-refractivity contribution in [3.63, 3.8) is 0 Å². The highest BCUT2D eigenvalue weighted by atomic mass is 32.2. The molecule has 130 valence electrons. The molecule has 0 fully saturated rings. The number of carbonyl (C=O) groups is 1. The molecule has 0 aliphatic rings. The fourth-order valence-electron chi connectivity index (χ4n) is 2.48. The van der Waals surface area contributed by atoms with Crippen molar-refractivity contribution in [2.45, 2.75) is 19.2 Å². The van der Waals surface area contributed by atoms with Gasteiger partial charge in [-0.15, -0.1) is 11.8 Å². The lowest BCUT2D eigenvalue weighted by molar-refractivity contribution is -0.113. The van der Waals surface area contributed by atoms with Crippen molar-refractivity contribution >= 4 is 44.9 Å². The zero-order valence-corrected chi connectivity index (χ0v) is 15.3. The van der Waals surface area contributed by atoms with Gasteiger partial charge in [0, 0.05) is 18.0 Å². The zero-order valence-electron chi connectivity index (χ0n) is 13.6. The Kier molecular flexibility index (Phi) is 5.55. The normalized spacial score (nSPS) is 11.0. The lowest BCUT2D eigenvalue weighted by Gasteiger charge is -2.06. The van der Waals surface area contributed by atoms with Gasteiger partial charge in [-0.1, -0.05) is 23.5 Å². The molecule has 3 rings (SSSR count). The number of nitrogens with one attached hydrogen (secondary N) is 1. The Morgan fingerprint density at radius 2 is 2.00 bits per heavy atom. The molecule has 0 aliphatic heterocycles. The number of hydrogen-bond donors (Lipinski definition) is 1. The number of benzene rings is 2. The number of amides is 1. The van der Waals surface area contributed by atoms with Gasteiger partial charge in [-0.2, -0.15) is 0 Å². The topological polar surface area (TPSA) is 51.1 Å². The molecule has 4 nitrogen and oxygen atoms in total. The first kappa shape index (κ1) is 17.7. The third-order valence-electron chi connectivity index (χ3n) is 3.68. The van der Waals surface area contributed by atoms with Crippen LogP contribution in [0.2, 0.25) is 0 Å². The fourth-order valence-corrected chi connectivity index (χ4v) is 4.27. The van der Waals surface area contributed by atoms with E-state index in [0.29, 0.717) is 23.7 Å². The minimum absolute atomic E-state index is 0.0100. The van der Waals surface area contributed by atoms with Gasteiger partial charge in [0.2, 0.25) is 5.91 Å². The summed E-state index contributed by atoms with van der Waals surface area (Å²) in [6.45, 7) is 2.56. The van der Waals surface area contributed by atoms with Gasteiger partial charge in [0.05, 0.1) is 16.0 Å². The van der Waals surface area contributed by atoms with Crippen molar-refractivity contribution in [3.8, 4) is 0 Å². The van der Waals surface area contributed by atoms with E-state index in [1.807, 2.05) is 25.1 Å². The molecular weight excluding hydrogens is 359 g/mol. The number of nitrogens with zero attached hydrogens (tertiary/aromatic N) is 1. The summed E-state index contributed by atoms with van der Waals surface area (Å²) in [4.78, 5) is 23.9. The van der Waals surface area contributed by atoms with Crippen LogP contribution in [0.5, 0.6) is 0 Å². The molecular formula is C18H17FN2O2S2. The second-order valence-electron chi connectivity index (χ2n) is 5.46. The van der Waals surface area contributed by atoms with Crippen LogP contribution in [-0.2, 0) is 17.1 Å². The third kappa shape index (κ3) is 4.29. The summed E-state index contributed by atoms with van der Waals surface area (Å²) in [5.74, 6) is 0.588. The molecule has 2 aromatic carbocycles. The van der Waals surface area contributed by atoms with E-state index in [4.69, 9.17) is 0 Å². The van der Waals surface area contributed by atoms with Crippen molar-refractivity contribution < 1.29 is 9.18 Å². The number of rotatable bonds is 6. The number of fused-ring (bicyclic) bond motifs is 1. The Morgan fingerprint density at radius 1 is 1.24 bits per heavy atom. The van der Waals surface area contributed by atoms with Crippen LogP contribution in [0.15, 0.2) is 47.3 Å². The van der Waals surface area contributed by atoms with Crippen molar-refractivity contribution in [1.29, 1.82) is 0 Å². The Labute approximate surface area is 152 Å². The van der Waals surface area contributed by atoms with Gasteiger partial charge in [0.1, 0.15) is 5.82 Å². The number of halogens is 1. The SMILES string of the molecule is CCn1c(=O)sc2cc(NC(=O)CSCc3ccc(F)cc3)ccc21. The van der Waals surface area contributed by atoms with Crippen LogP contribution in [-0.4, -0.2) is 16.2 Å². The van der Waals surface area contributed by atoms with Crippen LogP contribution in [0.4, 0.5) is 10.1 Å². The molecule has 0 spiro atoms. The number of aromatic nitrogens is 1. The fraction of sp³-hybridized carbons (Fsp3) is 0.222. The standard InChI is InChI=1S/C18H17FN2O2S2/c1-2-21-15-8-7-14(9-16(15)25-18(21)23)20-17(22)11-24-10-12-3-5-13(19)6-4-12/h3-9H,2,10-11H2,1H3,(H,20,22). The monoisotopic (exact) mass is 376 g/mol. The molecule has 1 N–H and O–H groups in total. The van der Waals surface area contributed by atoms with Gasteiger partial charge in [-0.05, 0) is 42.8 Å². The molecule has 0 saturated heterocycles. The number of thiazole rings is 1. The Bertz CT molecular complexity index is 948. The maximum Gasteiger partial charge on any atom is 0.308 e. The van der Waals surface area contributed by atoms with E-state index in [1.54, 1.807) is 16.7 Å². The number of thioether (sulfide) groups is 1. The van der Waals surface area contributed by atoms with Crippen molar-refractivity contribution in [1.82, 2.24) is 4.57 Å². The Morgan fingerprint density at radius 3 is 2.72 bits per heavy atom. The average Bonchev–Trinajstić information content (AvgIpc) is 2.91. The summed E-state index contributed by atoms with van der Waals surface area (Å²) in [6, 6.07) is 11.8. The number of aryl methyl sites for hydroxylation is 1. The molecule has 0 aliphatic carbocycles. The van der Waals surface area contributed by atoms with Gasteiger partial charge >= 0.3 is 4.87 Å². The maximum atomic E-state index is 12.8. The second-order valence-corrected chi connectivity index (χ2v) is 7.44. The molecule has 1 amide bonds. The lowest BCUT2D eigenvalue weighted by atomic mass is 10.2. The van der Waals surface area contributed by atoms with Crippen LogP contribution in [0.25, 0.3) is 10.2 Å². The quantitative estimate of drug-likeness (QED) is 0.705. The molecule has 0 unspecified atom stereocenters. The number of hydrogen-bond acceptors (Lipinski definition) is 4. The molecule has 25 heavy (non-hydrogen) atoms. The largest absolute Gasteiger partial charge is 0.325 e. The maximum absolute atomic E-state index is 12.8. The van der Waals surface area contributed by atoms with Crippen LogP contribution in [0.3, 0.4) is 0 Å². The first-order valence-corrected chi connectivity index (χ1v) is 9.79. The number of anilines is 1. The summed E-state index contributed by atoms with van der Waals surface area (Å²) in [6.07, 6.45) is 0. The van der Waals surface area contributed by atoms with Gasteiger partial charge < -0.3 is 5.32 Å². The van der Waals surface area contributed by atoms with Crippen molar-refractivity contribution in [2.75, 3.05) is 11.1 Å². The average molecular weight is 376 g/mol. The van der Waals surface area contributed by atoms with Gasteiger partial charge in [0.25, 0.3) is 0 Å². The molecule has 0 bridgehead atoms. The number of carbonyl (C=O) groups excluding carboxylic acids is 1. The van der Waals surface area contributed by atoms with E-state index in [9.17, 15) is 14.0 Å². The zero-order chi connectivity index (χ0) is 17.8. The van der Waals surface area contributed by atoms with E-state index < -0.39 is 0 Å². The van der Waals surface area contributed by atoms with Crippen LogP contribution in [0.1, 0.15) is 12.5 Å². The van der Waals surface area contributed by atoms with E-state index in [0.717, 1.165) is 15.8 Å². The molecule has 1 heterocycles. The summed E-state index contributed by atoms with van der Waals surface area (Å²) in [5, 5.41) is 2.85. The van der Waals surface area contributed by atoms with E-state index in [-0.39, 0.29) is 16.6 Å². The Hall–Kier alpha value is -2.12. The predicted molar refractivity (Wildman–Crippen MR) is 103 cm³/mol. The van der Waals surface area contributed by atoms with Crippen molar-refractivity contribution in [3.05, 3.63) is 63.5 Å². The smallest absolute Gasteiger partial charge is 0.308 e. The van der Waals surface area contributed by atoms with Crippen molar-refractivity contribution in [2.24, 2.45) is 0 Å². The highest BCUT2D eigenvalue weighted by molar-refractivity contribution is 7.99. The molecule has 1 aromatic heterocycles. The summed E-state index contributed by atoms with van der Waals surface area (Å²) >= 11 is 2.65. The second kappa shape index (κ2) is 7.84. The van der Waals surface area contributed by atoms with Crippen LogP contribution in [0, 0.1) is 5.82 Å². The molecule has 0 radical (unpaired) electrons. The molecule has 0 atom stereocenters. The van der Waals surface area contributed by atoms with Crippen LogP contribution >= 0.6 is 23.1 Å². The first-order chi connectivity index (χ1) is 12.1. The van der Waals surface area contributed by atoms with E-state index >= 15 is 0 Å². The third-order valence-corrected chi connectivity index (χ3v) is 5.63. The summed E-state index contributed by atoms with van der Waals surface area (Å²) < 4.78 is 15.4. The lowest BCUT2D eigenvalue weighted by Crippen LogP contribution is -2.14. The van der Waals surface area contributed by atoms with Gasteiger partial charge in [0.15, 0.2) is 0 Å². The summed E-state index contributed by atoms with van der Waals surface area (Å²) in [5.41, 5.74) is 2.55. The minimum atomic E-state index is -0.263. The molecule has 7 heteroatoms. The highest BCUT2D eigenvalue weighted by Gasteiger charge is 2.08. The summed E-state index contributed by atoms with van der Waals surface area (Å²) in [7, 11) is 0. The minimum Gasteiger partial charge on any atom is -0.325 e. The van der Waals surface area contributed by atoms with Gasteiger partial charge in [-0.25, -0.2) is 4.39 Å². The molecule has 3 aromatic rings.